The molecule has 7 nitrogen and oxygen atoms in total. The van der Waals surface area contributed by atoms with Gasteiger partial charge in [-0.1, -0.05) is 12.1 Å². The number of carbonyl (C=O) groups excluding carboxylic acids is 1. The predicted molar refractivity (Wildman–Crippen MR) is 104 cm³/mol. The first-order chi connectivity index (χ1) is 13.8. The van der Waals surface area contributed by atoms with Crippen LogP contribution in [0.1, 0.15) is 11.1 Å². The van der Waals surface area contributed by atoms with Crippen LogP contribution in [0.15, 0.2) is 71.8 Å². The van der Waals surface area contributed by atoms with Crippen LogP contribution in [0.3, 0.4) is 0 Å². The van der Waals surface area contributed by atoms with E-state index in [0.717, 1.165) is 5.56 Å². The SMILES string of the molecule is NS(=O)(=O)c1ccc(CC(=O)NCc2ccnc(Oc3ccc(F)cc3)c2)cc1. The fraction of sp³-hybridized carbons (Fsp3) is 0.100. The normalized spacial score (nSPS) is 11.1. The smallest absolute Gasteiger partial charge is 0.238 e. The van der Waals surface area contributed by atoms with Crippen LogP contribution in [0.5, 0.6) is 11.6 Å². The maximum absolute atomic E-state index is 13.0. The summed E-state index contributed by atoms with van der Waals surface area (Å²) in [6.45, 7) is 0.260. The third kappa shape index (κ3) is 6.09. The van der Waals surface area contributed by atoms with Gasteiger partial charge in [-0.25, -0.2) is 22.9 Å². The molecule has 0 atom stereocenters. The molecule has 3 aromatic rings. The van der Waals surface area contributed by atoms with E-state index in [-0.39, 0.29) is 29.6 Å². The molecular weight excluding hydrogens is 397 g/mol. The Morgan fingerprint density at radius 2 is 1.72 bits per heavy atom. The summed E-state index contributed by atoms with van der Waals surface area (Å²) in [5, 5.41) is 7.82. The lowest BCUT2D eigenvalue weighted by molar-refractivity contribution is -0.120. The molecule has 0 aliphatic heterocycles. The molecule has 0 aliphatic rings. The maximum Gasteiger partial charge on any atom is 0.238 e. The predicted octanol–water partition coefficient (Wildman–Crippen LogP) is 2.52. The van der Waals surface area contributed by atoms with Crippen LogP contribution in [-0.4, -0.2) is 19.3 Å². The van der Waals surface area contributed by atoms with Crippen molar-refractivity contribution in [1.29, 1.82) is 0 Å². The van der Waals surface area contributed by atoms with Gasteiger partial charge in [0.1, 0.15) is 11.6 Å². The standard InChI is InChI=1S/C20H18FN3O4S/c21-16-3-5-17(6-4-16)28-20-12-15(9-10-23-20)13-24-19(25)11-14-1-7-18(8-2-14)29(22,26)27/h1-10,12H,11,13H2,(H,24,25)(H2,22,26,27). The molecule has 0 bridgehead atoms. The van der Waals surface area contributed by atoms with E-state index in [0.29, 0.717) is 17.2 Å². The number of carbonyl (C=O) groups is 1. The average molecular weight is 415 g/mol. The van der Waals surface area contributed by atoms with Crippen molar-refractivity contribution in [3.8, 4) is 11.6 Å². The minimum absolute atomic E-state index is 0.00729. The van der Waals surface area contributed by atoms with Gasteiger partial charge in [-0.3, -0.25) is 4.79 Å². The van der Waals surface area contributed by atoms with Gasteiger partial charge in [0.25, 0.3) is 0 Å². The second kappa shape index (κ2) is 8.80. The van der Waals surface area contributed by atoms with Crippen LogP contribution >= 0.6 is 0 Å². The second-order valence-corrected chi connectivity index (χ2v) is 7.76. The van der Waals surface area contributed by atoms with Gasteiger partial charge < -0.3 is 10.1 Å². The summed E-state index contributed by atoms with van der Waals surface area (Å²) < 4.78 is 41.0. The Morgan fingerprint density at radius 3 is 2.38 bits per heavy atom. The zero-order valence-electron chi connectivity index (χ0n) is 15.2. The van der Waals surface area contributed by atoms with Crippen molar-refractivity contribution in [3.05, 3.63) is 83.8 Å². The van der Waals surface area contributed by atoms with E-state index in [1.54, 1.807) is 30.5 Å². The number of nitrogens with two attached hydrogens (primary N) is 1. The number of primary sulfonamides is 1. The van der Waals surface area contributed by atoms with Gasteiger partial charge in [0.2, 0.25) is 21.8 Å². The van der Waals surface area contributed by atoms with Crippen molar-refractivity contribution in [1.82, 2.24) is 10.3 Å². The van der Waals surface area contributed by atoms with Crippen LogP contribution < -0.4 is 15.2 Å². The van der Waals surface area contributed by atoms with Gasteiger partial charge in [-0.05, 0) is 53.6 Å². The Labute approximate surface area is 167 Å². The Hall–Kier alpha value is -3.30. The summed E-state index contributed by atoms with van der Waals surface area (Å²) in [5.41, 5.74) is 1.43. The molecule has 0 aliphatic carbocycles. The van der Waals surface area contributed by atoms with Crippen LogP contribution in [0.25, 0.3) is 0 Å². The van der Waals surface area contributed by atoms with E-state index >= 15 is 0 Å². The number of ether oxygens (including phenoxy) is 1. The van der Waals surface area contributed by atoms with Crippen molar-refractivity contribution < 1.29 is 22.3 Å². The molecule has 1 amide bonds. The number of hydrogen-bond acceptors (Lipinski definition) is 5. The van der Waals surface area contributed by atoms with Gasteiger partial charge in [0.05, 0.1) is 11.3 Å². The summed E-state index contributed by atoms with van der Waals surface area (Å²) in [6, 6.07) is 14.8. The van der Waals surface area contributed by atoms with Crippen LogP contribution in [0, 0.1) is 5.82 Å². The van der Waals surface area contributed by atoms with Gasteiger partial charge in [0.15, 0.2) is 0 Å². The molecule has 9 heteroatoms. The number of benzene rings is 2. The van der Waals surface area contributed by atoms with Crippen molar-refractivity contribution in [2.75, 3.05) is 0 Å². The molecule has 0 saturated heterocycles. The molecule has 3 rings (SSSR count). The van der Waals surface area contributed by atoms with Crippen molar-refractivity contribution in [2.24, 2.45) is 5.14 Å². The molecular formula is C20H18FN3O4S. The first-order valence-corrected chi connectivity index (χ1v) is 10.1. The van der Waals surface area contributed by atoms with Crippen molar-refractivity contribution in [3.63, 3.8) is 0 Å². The zero-order valence-corrected chi connectivity index (χ0v) is 16.0. The van der Waals surface area contributed by atoms with Crippen molar-refractivity contribution >= 4 is 15.9 Å². The summed E-state index contributed by atoms with van der Waals surface area (Å²) >= 11 is 0. The van der Waals surface area contributed by atoms with E-state index in [1.807, 2.05) is 0 Å². The highest BCUT2D eigenvalue weighted by molar-refractivity contribution is 7.89. The number of nitrogens with zero attached hydrogens (tertiary/aromatic N) is 1. The Morgan fingerprint density at radius 1 is 1.03 bits per heavy atom. The number of sulfonamides is 1. The minimum atomic E-state index is -3.76. The molecule has 1 aromatic heterocycles. The molecule has 0 fully saturated rings. The summed E-state index contributed by atoms with van der Waals surface area (Å²) in [7, 11) is -3.76. The van der Waals surface area contributed by atoms with E-state index in [1.165, 1.54) is 36.4 Å². The van der Waals surface area contributed by atoms with Gasteiger partial charge in [-0.2, -0.15) is 0 Å². The number of halogens is 1. The van der Waals surface area contributed by atoms with Gasteiger partial charge >= 0.3 is 0 Å². The number of hydrogen-bond donors (Lipinski definition) is 2. The maximum atomic E-state index is 13.0. The van der Waals surface area contributed by atoms with Crippen LogP contribution in [0.4, 0.5) is 4.39 Å². The molecule has 2 aromatic carbocycles. The number of nitrogens with one attached hydrogen (secondary N) is 1. The number of rotatable bonds is 7. The highest BCUT2D eigenvalue weighted by Crippen LogP contribution is 2.20. The first-order valence-electron chi connectivity index (χ1n) is 8.56. The quantitative estimate of drug-likeness (QED) is 0.616. The molecule has 3 N–H and O–H groups in total. The van der Waals surface area contributed by atoms with E-state index < -0.39 is 10.0 Å². The lowest BCUT2D eigenvalue weighted by atomic mass is 10.1. The van der Waals surface area contributed by atoms with Gasteiger partial charge in [0, 0.05) is 18.8 Å². The van der Waals surface area contributed by atoms with E-state index in [9.17, 15) is 17.6 Å². The molecule has 1 heterocycles. The third-order valence-corrected chi connectivity index (χ3v) is 4.87. The second-order valence-electron chi connectivity index (χ2n) is 6.20. The zero-order chi connectivity index (χ0) is 20.9. The average Bonchev–Trinajstić information content (AvgIpc) is 2.68. The van der Waals surface area contributed by atoms with E-state index in [2.05, 4.69) is 10.3 Å². The summed E-state index contributed by atoms with van der Waals surface area (Å²) in [6.07, 6.45) is 1.64. The number of amides is 1. The highest BCUT2D eigenvalue weighted by Gasteiger charge is 2.09. The number of pyridine rings is 1. The Bertz CT molecular complexity index is 1100. The Kier molecular flexibility index (Phi) is 6.20. The Balaban J connectivity index is 1.55. The molecule has 0 saturated carbocycles. The lowest BCUT2D eigenvalue weighted by Crippen LogP contribution is -2.24. The molecule has 29 heavy (non-hydrogen) atoms. The van der Waals surface area contributed by atoms with Crippen molar-refractivity contribution in [2.45, 2.75) is 17.9 Å². The molecule has 0 unspecified atom stereocenters. The monoisotopic (exact) mass is 415 g/mol. The minimum Gasteiger partial charge on any atom is -0.439 e. The molecule has 150 valence electrons. The highest BCUT2D eigenvalue weighted by atomic mass is 32.2. The number of aromatic nitrogens is 1. The first kappa shape index (κ1) is 20.4. The van der Waals surface area contributed by atoms with Gasteiger partial charge in [-0.15, -0.1) is 0 Å². The van der Waals surface area contributed by atoms with E-state index in [4.69, 9.17) is 9.88 Å². The van der Waals surface area contributed by atoms with Crippen LogP contribution in [0.2, 0.25) is 0 Å². The largest absolute Gasteiger partial charge is 0.439 e. The lowest BCUT2D eigenvalue weighted by Gasteiger charge is -2.08. The summed E-state index contributed by atoms with van der Waals surface area (Å²) in [5.74, 6) is 0.178. The fourth-order valence-electron chi connectivity index (χ4n) is 2.49. The molecule has 0 radical (unpaired) electrons. The topological polar surface area (TPSA) is 111 Å². The molecule has 0 spiro atoms. The fourth-order valence-corrected chi connectivity index (χ4v) is 3.00. The van der Waals surface area contributed by atoms with Crippen LogP contribution in [-0.2, 0) is 27.8 Å². The summed E-state index contributed by atoms with van der Waals surface area (Å²) in [4.78, 5) is 16.2. The third-order valence-electron chi connectivity index (χ3n) is 3.94.